The largest absolute Gasteiger partial charge is 0.355 e. The molecular formula is C12H14BrNO. The zero-order chi connectivity index (χ0) is 10.7. The van der Waals surface area contributed by atoms with Crippen molar-refractivity contribution in [2.24, 2.45) is 0 Å². The first-order valence-electron chi connectivity index (χ1n) is 5.24. The van der Waals surface area contributed by atoms with Gasteiger partial charge in [-0.15, -0.1) is 0 Å². The van der Waals surface area contributed by atoms with Gasteiger partial charge in [0.1, 0.15) is 0 Å². The van der Waals surface area contributed by atoms with Crippen molar-refractivity contribution in [1.29, 1.82) is 0 Å². The van der Waals surface area contributed by atoms with Crippen LogP contribution in [0.1, 0.15) is 24.3 Å². The summed E-state index contributed by atoms with van der Waals surface area (Å²) in [5.74, 6) is 0.575. The van der Waals surface area contributed by atoms with Crippen molar-refractivity contribution in [3.63, 3.8) is 0 Å². The molecule has 1 heterocycles. The Balaban J connectivity index is 2.09. The summed E-state index contributed by atoms with van der Waals surface area (Å²) >= 11 is 3.39. The van der Waals surface area contributed by atoms with Crippen LogP contribution in [0, 0.1) is 0 Å². The summed E-state index contributed by atoms with van der Waals surface area (Å²) in [4.78, 5) is 11.4. The highest BCUT2D eigenvalue weighted by molar-refractivity contribution is 9.10. The Bertz CT molecular complexity index is 339. The van der Waals surface area contributed by atoms with Gasteiger partial charge in [0.2, 0.25) is 5.91 Å². The van der Waals surface area contributed by atoms with Crippen LogP contribution in [0.3, 0.4) is 0 Å². The molecule has 1 fully saturated rings. The molecule has 1 aromatic rings. The third-order valence-electron chi connectivity index (χ3n) is 2.85. The zero-order valence-corrected chi connectivity index (χ0v) is 10.0. The number of halogens is 1. The van der Waals surface area contributed by atoms with E-state index < -0.39 is 0 Å². The lowest BCUT2D eigenvalue weighted by molar-refractivity contribution is -0.120. The molecule has 1 aliphatic rings. The standard InChI is InChI=1S/C12H14BrNO/c13-11-7-6-10(8-14-12(11)15)9-4-2-1-3-5-9/h1-5,10-11H,6-8H2,(H,14,15). The molecule has 2 unspecified atom stereocenters. The second-order valence-electron chi connectivity index (χ2n) is 3.90. The number of benzene rings is 1. The van der Waals surface area contributed by atoms with E-state index in [2.05, 4.69) is 33.4 Å². The van der Waals surface area contributed by atoms with Crippen LogP contribution in [-0.2, 0) is 4.79 Å². The average molecular weight is 268 g/mol. The molecule has 1 amide bonds. The molecule has 0 radical (unpaired) electrons. The lowest BCUT2D eigenvalue weighted by Crippen LogP contribution is -2.30. The van der Waals surface area contributed by atoms with Crippen molar-refractivity contribution in [2.75, 3.05) is 6.54 Å². The number of amides is 1. The van der Waals surface area contributed by atoms with E-state index in [1.54, 1.807) is 0 Å². The maximum atomic E-state index is 11.4. The fourth-order valence-electron chi connectivity index (χ4n) is 1.92. The van der Waals surface area contributed by atoms with Crippen molar-refractivity contribution in [1.82, 2.24) is 5.32 Å². The third-order valence-corrected chi connectivity index (χ3v) is 3.72. The Labute approximate surface area is 98.2 Å². The molecule has 0 aliphatic carbocycles. The fourth-order valence-corrected chi connectivity index (χ4v) is 2.35. The molecule has 1 aromatic carbocycles. The molecule has 80 valence electrons. The Morgan fingerprint density at radius 2 is 1.93 bits per heavy atom. The van der Waals surface area contributed by atoms with Gasteiger partial charge in [-0.1, -0.05) is 46.3 Å². The minimum Gasteiger partial charge on any atom is -0.355 e. The summed E-state index contributed by atoms with van der Waals surface area (Å²) in [6, 6.07) is 10.4. The van der Waals surface area contributed by atoms with Gasteiger partial charge in [-0.05, 0) is 18.4 Å². The number of carbonyl (C=O) groups excluding carboxylic acids is 1. The van der Waals surface area contributed by atoms with Gasteiger partial charge in [-0.25, -0.2) is 0 Å². The van der Waals surface area contributed by atoms with E-state index in [0.29, 0.717) is 5.92 Å². The van der Waals surface area contributed by atoms with Crippen LogP contribution < -0.4 is 5.32 Å². The second-order valence-corrected chi connectivity index (χ2v) is 5.00. The van der Waals surface area contributed by atoms with Crippen LogP contribution in [0.5, 0.6) is 0 Å². The van der Waals surface area contributed by atoms with Gasteiger partial charge in [0.25, 0.3) is 0 Å². The van der Waals surface area contributed by atoms with Gasteiger partial charge in [0.05, 0.1) is 4.83 Å². The molecule has 15 heavy (non-hydrogen) atoms. The summed E-state index contributed by atoms with van der Waals surface area (Å²) < 4.78 is 0. The SMILES string of the molecule is O=C1NCC(c2ccccc2)CCC1Br. The predicted molar refractivity (Wildman–Crippen MR) is 64.1 cm³/mol. The van der Waals surface area contributed by atoms with Crippen molar-refractivity contribution >= 4 is 21.8 Å². The zero-order valence-electron chi connectivity index (χ0n) is 8.45. The van der Waals surface area contributed by atoms with Gasteiger partial charge in [-0.2, -0.15) is 0 Å². The number of rotatable bonds is 1. The summed E-state index contributed by atoms with van der Waals surface area (Å²) in [5.41, 5.74) is 1.32. The topological polar surface area (TPSA) is 29.1 Å². The molecule has 2 atom stereocenters. The molecule has 2 rings (SSSR count). The van der Waals surface area contributed by atoms with E-state index in [1.807, 2.05) is 18.2 Å². The van der Waals surface area contributed by atoms with E-state index in [-0.39, 0.29) is 10.7 Å². The van der Waals surface area contributed by atoms with Crippen LogP contribution >= 0.6 is 15.9 Å². The van der Waals surface area contributed by atoms with E-state index in [0.717, 1.165) is 19.4 Å². The minimum absolute atomic E-state index is 0.0220. The van der Waals surface area contributed by atoms with E-state index in [4.69, 9.17) is 0 Å². The number of hydrogen-bond acceptors (Lipinski definition) is 1. The molecule has 0 bridgehead atoms. The van der Waals surface area contributed by atoms with Crippen LogP contribution in [0.25, 0.3) is 0 Å². The fraction of sp³-hybridized carbons (Fsp3) is 0.417. The summed E-state index contributed by atoms with van der Waals surface area (Å²) in [6.07, 6.45) is 1.96. The molecule has 0 saturated carbocycles. The average Bonchev–Trinajstić information content (AvgIpc) is 2.44. The van der Waals surface area contributed by atoms with Crippen molar-refractivity contribution in [3.8, 4) is 0 Å². The van der Waals surface area contributed by atoms with Crippen molar-refractivity contribution < 1.29 is 4.79 Å². The molecule has 2 nitrogen and oxygen atoms in total. The number of nitrogens with one attached hydrogen (secondary N) is 1. The highest BCUT2D eigenvalue weighted by Crippen LogP contribution is 2.25. The van der Waals surface area contributed by atoms with Gasteiger partial charge >= 0.3 is 0 Å². The van der Waals surface area contributed by atoms with Gasteiger partial charge < -0.3 is 5.32 Å². The highest BCUT2D eigenvalue weighted by Gasteiger charge is 2.23. The van der Waals surface area contributed by atoms with Crippen molar-refractivity contribution in [3.05, 3.63) is 35.9 Å². The Kier molecular flexibility index (Phi) is 3.41. The van der Waals surface area contributed by atoms with Crippen LogP contribution in [0.2, 0.25) is 0 Å². The predicted octanol–water partition coefficient (Wildman–Crippen LogP) is 2.44. The van der Waals surface area contributed by atoms with E-state index in [1.165, 1.54) is 5.56 Å². The lowest BCUT2D eigenvalue weighted by Gasteiger charge is -2.13. The highest BCUT2D eigenvalue weighted by atomic mass is 79.9. The quantitative estimate of drug-likeness (QED) is 0.779. The Morgan fingerprint density at radius 1 is 1.20 bits per heavy atom. The molecule has 1 aliphatic heterocycles. The van der Waals surface area contributed by atoms with E-state index in [9.17, 15) is 4.79 Å². The van der Waals surface area contributed by atoms with Gasteiger partial charge in [-0.3, -0.25) is 4.79 Å². The number of alkyl halides is 1. The number of hydrogen-bond donors (Lipinski definition) is 1. The lowest BCUT2D eigenvalue weighted by atomic mass is 9.95. The number of carbonyl (C=O) groups is 1. The molecule has 0 aromatic heterocycles. The maximum absolute atomic E-state index is 11.4. The summed E-state index contributed by atoms with van der Waals surface area (Å²) in [5, 5.41) is 2.96. The first-order chi connectivity index (χ1) is 7.27. The van der Waals surface area contributed by atoms with E-state index >= 15 is 0 Å². The van der Waals surface area contributed by atoms with Crippen LogP contribution in [0.4, 0.5) is 0 Å². The van der Waals surface area contributed by atoms with Gasteiger partial charge in [0.15, 0.2) is 0 Å². The Hall–Kier alpha value is -0.830. The smallest absolute Gasteiger partial charge is 0.233 e. The second kappa shape index (κ2) is 4.79. The third kappa shape index (κ3) is 2.59. The summed E-state index contributed by atoms with van der Waals surface area (Å²) in [6.45, 7) is 0.755. The molecule has 3 heteroatoms. The normalized spacial score (nSPS) is 26.9. The minimum atomic E-state index is -0.0220. The van der Waals surface area contributed by atoms with Gasteiger partial charge in [0, 0.05) is 12.5 Å². The first kappa shape index (κ1) is 10.7. The molecule has 1 saturated heterocycles. The van der Waals surface area contributed by atoms with Crippen LogP contribution in [-0.4, -0.2) is 17.3 Å². The van der Waals surface area contributed by atoms with Crippen molar-refractivity contribution in [2.45, 2.75) is 23.6 Å². The molecule has 1 N–H and O–H groups in total. The molecule has 0 spiro atoms. The molecular weight excluding hydrogens is 254 g/mol. The summed E-state index contributed by atoms with van der Waals surface area (Å²) in [7, 11) is 0. The van der Waals surface area contributed by atoms with Crippen LogP contribution in [0.15, 0.2) is 30.3 Å². The maximum Gasteiger partial charge on any atom is 0.233 e. The monoisotopic (exact) mass is 267 g/mol. The first-order valence-corrected chi connectivity index (χ1v) is 6.15. The Morgan fingerprint density at radius 3 is 2.67 bits per heavy atom.